The molecule has 0 saturated carbocycles. The molecule has 2 aromatic rings. The third-order valence-electron chi connectivity index (χ3n) is 5.04. The summed E-state index contributed by atoms with van der Waals surface area (Å²) in [5, 5.41) is 14.7. The SMILES string of the molecule is CCOC(=O)C[C@@H]1CN(S(=O)(=O)c2ccccc2[N+](=O)[O-])C[C@H](Cc2ccccc2)N1. The summed E-state index contributed by atoms with van der Waals surface area (Å²) in [6, 6.07) is 14.1. The van der Waals surface area contributed by atoms with Crippen LogP contribution < -0.4 is 5.32 Å². The van der Waals surface area contributed by atoms with Crippen molar-refractivity contribution in [1.29, 1.82) is 0 Å². The highest BCUT2D eigenvalue weighted by Crippen LogP contribution is 2.28. The van der Waals surface area contributed by atoms with Gasteiger partial charge in [-0.25, -0.2) is 8.42 Å². The monoisotopic (exact) mass is 447 g/mol. The average molecular weight is 448 g/mol. The molecular formula is C21H25N3O6S. The van der Waals surface area contributed by atoms with Gasteiger partial charge >= 0.3 is 5.97 Å². The molecule has 3 rings (SSSR count). The number of rotatable bonds is 8. The van der Waals surface area contributed by atoms with Crippen LogP contribution in [0, 0.1) is 10.1 Å². The van der Waals surface area contributed by atoms with Crippen LogP contribution in [0.5, 0.6) is 0 Å². The molecule has 1 fully saturated rings. The number of esters is 1. The van der Waals surface area contributed by atoms with E-state index in [1.807, 2.05) is 30.3 Å². The van der Waals surface area contributed by atoms with E-state index in [4.69, 9.17) is 4.74 Å². The summed E-state index contributed by atoms with van der Waals surface area (Å²) in [4.78, 5) is 22.4. The molecule has 0 radical (unpaired) electrons. The second-order valence-electron chi connectivity index (χ2n) is 7.31. The number of carbonyl (C=O) groups excluding carboxylic acids is 1. The minimum absolute atomic E-state index is 0.00202. The van der Waals surface area contributed by atoms with E-state index in [0.29, 0.717) is 6.42 Å². The highest BCUT2D eigenvalue weighted by Gasteiger charge is 2.38. The molecule has 1 aliphatic rings. The Morgan fingerprint density at radius 3 is 2.45 bits per heavy atom. The van der Waals surface area contributed by atoms with Crippen molar-refractivity contribution in [2.24, 2.45) is 0 Å². The standard InChI is InChI=1S/C21H25N3O6S/c1-2-30-21(25)13-18-15-23(14-17(22-18)12-16-8-4-3-5-9-16)31(28,29)20-11-7-6-10-19(20)24(26)27/h3-11,17-18,22H,2,12-15H2,1H3/t17-,18+/m0/s1. The molecule has 0 spiro atoms. The zero-order chi connectivity index (χ0) is 22.4. The molecule has 2 aromatic carbocycles. The third kappa shape index (κ3) is 5.66. The predicted octanol–water partition coefficient (Wildman–Crippen LogP) is 2.12. The molecular weight excluding hydrogens is 422 g/mol. The summed E-state index contributed by atoms with van der Waals surface area (Å²) >= 11 is 0. The lowest BCUT2D eigenvalue weighted by Crippen LogP contribution is -2.59. The number of piperazine rings is 1. The number of nitro groups is 1. The van der Waals surface area contributed by atoms with Crippen molar-refractivity contribution in [2.75, 3.05) is 19.7 Å². The summed E-state index contributed by atoms with van der Waals surface area (Å²) in [6.45, 7) is 2.08. The Morgan fingerprint density at radius 2 is 1.77 bits per heavy atom. The molecule has 166 valence electrons. The van der Waals surface area contributed by atoms with Crippen LogP contribution in [0.15, 0.2) is 59.5 Å². The van der Waals surface area contributed by atoms with Crippen molar-refractivity contribution in [3.8, 4) is 0 Å². The van der Waals surface area contributed by atoms with Crippen LogP contribution in [0.1, 0.15) is 18.9 Å². The van der Waals surface area contributed by atoms with Gasteiger partial charge in [-0.15, -0.1) is 0 Å². The Balaban J connectivity index is 1.89. The quantitative estimate of drug-likeness (QED) is 0.374. The Labute approximate surface area is 181 Å². The maximum absolute atomic E-state index is 13.3. The van der Waals surface area contributed by atoms with E-state index in [1.165, 1.54) is 28.6 Å². The molecule has 9 nitrogen and oxygen atoms in total. The molecule has 10 heteroatoms. The lowest BCUT2D eigenvalue weighted by Gasteiger charge is -2.38. The maximum atomic E-state index is 13.3. The molecule has 0 aliphatic carbocycles. The van der Waals surface area contributed by atoms with Crippen molar-refractivity contribution < 1.29 is 22.9 Å². The van der Waals surface area contributed by atoms with E-state index in [2.05, 4.69) is 5.32 Å². The van der Waals surface area contributed by atoms with Crippen LogP contribution in [0.4, 0.5) is 5.69 Å². The third-order valence-corrected chi connectivity index (χ3v) is 6.92. The van der Waals surface area contributed by atoms with Crippen molar-refractivity contribution in [1.82, 2.24) is 9.62 Å². The topological polar surface area (TPSA) is 119 Å². The van der Waals surface area contributed by atoms with Gasteiger partial charge in [-0.2, -0.15) is 4.31 Å². The number of sulfonamides is 1. The van der Waals surface area contributed by atoms with E-state index >= 15 is 0 Å². The van der Waals surface area contributed by atoms with Gasteiger partial charge in [-0.05, 0) is 25.0 Å². The van der Waals surface area contributed by atoms with E-state index in [1.54, 1.807) is 6.92 Å². The summed E-state index contributed by atoms with van der Waals surface area (Å²) < 4.78 is 32.9. The van der Waals surface area contributed by atoms with Gasteiger partial charge in [0.2, 0.25) is 10.0 Å². The van der Waals surface area contributed by atoms with Crippen LogP contribution in [-0.2, 0) is 26.0 Å². The predicted molar refractivity (Wildman–Crippen MR) is 114 cm³/mol. The Kier molecular flexibility index (Phi) is 7.37. The number of benzene rings is 2. The number of nitro benzene ring substituents is 1. The van der Waals surface area contributed by atoms with Crippen LogP contribution in [-0.4, -0.2) is 55.4 Å². The summed E-state index contributed by atoms with van der Waals surface area (Å²) in [7, 11) is -4.14. The smallest absolute Gasteiger partial charge is 0.307 e. The largest absolute Gasteiger partial charge is 0.466 e. The number of carbonyl (C=O) groups is 1. The zero-order valence-electron chi connectivity index (χ0n) is 17.1. The normalized spacial score (nSPS) is 19.6. The number of nitrogens with zero attached hydrogens (tertiary/aromatic N) is 2. The molecule has 1 saturated heterocycles. The fraction of sp³-hybridized carbons (Fsp3) is 0.381. The highest BCUT2D eigenvalue weighted by molar-refractivity contribution is 7.89. The van der Waals surface area contributed by atoms with Gasteiger partial charge in [-0.3, -0.25) is 14.9 Å². The van der Waals surface area contributed by atoms with E-state index in [9.17, 15) is 23.3 Å². The lowest BCUT2D eigenvalue weighted by atomic mass is 10.0. The first-order valence-corrected chi connectivity index (χ1v) is 11.4. The highest BCUT2D eigenvalue weighted by atomic mass is 32.2. The van der Waals surface area contributed by atoms with Gasteiger partial charge in [0, 0.05) is 31.2 Å². The van der Waals surface area contributed by atoms with E-state index < -0.39 is 32.6 Å². The van der Waals surface area contributed by atoms with Crippen molar-refractivity contribution in [3.05, 3.63) is 70.3 Å². The van der Waals surface area contributed by atoms with Crippen LogP contribution in [0.25, 0.3) is 0 Å². The first-order chi connectivity index (χ1) is 14.8. The minimum atomic E-state index is -4.14. The van der Waals surface area contributed by atoms with Gasteiger partial charge in [-0.1, -0.05) is 42.5 Å². The van der Waals surface area contributed by atoms with Crippen LogP contribution >= 0.6 is 0 Å². The molecule has 0 unspecified atom stereocenters. The Hall–Kier alpha value is -2.82. The average Bonchev–Trinajstić information content (AvgIpc) is 2.74. The summed E-state index contributed by atoms with van der Waals surface area (Å²) in [6.07, 6.45) is 0.547. The van der Waals surface area contributed by atoms with Gasteiger partial charge in [0.1, 0.15) is 0 Å². The van der Waals surface area contributed by atoms with Crippen molar-refractivity contribution >= 4 is 21.7 Å². The number of hydrogen-bond acceptors (Lipinski definition) is 7. The first kappa shape index (κ1) is 22.9. The molecule has 1 N–H and O–H groups in total. The second-order valence-corrected chi connectivity index (χ2v) is 9.21. The van der Waals surface area contributed by atoms with Crippen molar-refractivity contribution in [2.45, 2.75) is 36.7 Å². The number of ether oxygens (including phenoxy) is 1. The lowest BCUT2D eigenvalue weighted by molar-refractivity contribution is -0.387. The first-order valence-electron chi connectivity index (χ1n) is 10.0. The minimum Gasteiger partial charge on any atom is -0.466 e. The summed E-state index contributed by atoms with van der Waals surface area (Å²) in [5.74, 6) is -0.427. The van der Waals surface area contributed by atoms with Gasteiger partial charge < -0.3 is 10.1 Å². The number of para-hydroxylation sites is 1. The fourth-order valence-corrected chi connectivity index (χ4v) is 5.42. The van der Waals surface area contributed by atoms with Gasteiger partial charge in [0.15, 0.2) is 4.90 Å². The van der Waals surface area contributed by atoms with Crippen LogP contribution in [0.3, 0.4) is 0 Å². The molecule has 0 amide bonds. The van der Waals surface area contributed by atoms with E-state index in [0.717, 1.165) is 5.56 Å². The molecule has 0 aromatic heterocycles. The molecule has 31 heavy (non-hydrogen) atoms. The van der Waals surface area contributed by atoms with Gasteiger partial charge in [0.05, 0.1) is 18.0 Å². The van der Waals surface area contributed by atoms with E-state index in [-0.39, 0.29) is 37.1 Å². The molecule has 0 bridgehead atoms. The Bertz CT molecular complexity index is 1030. The molecule has 1 heterocycles. The maximum Gasteiger partial charge on any atom is 0.307 e. The number of hydrogen-bond donors (Lipinski definition) is 1. The summed E-state index contributed by atoms with van der Waals surface area (Å²) in [5.41, 5.74) is 0.544. The number of nitrogens with one attached hydrogen (secondary N) is 1. The molecule has 2 atom stereocenters. The zero-order valence-corrected chi connectivity index (χ0v) is 18.0. The second kappa shape index (κ2) is 9.99. The van der Waals surface area contributed by atoms with Crippen molar-refractivity contribution in [3.63, 3.8) is 0 Å². The Morgan fingerprint density at radius 1 is 1.13 bits per heavy atom. The fourth-order valence-electron chi connectivity index (χ4n) is 3.73. The molecule has 1 aliphatic heterocycles. The van der Waals surface area contributed by atoms with Crippen LogP contribution in [0.2, 0.25) is 0 Å². The van der Waals surface area contributed by atoms with Gasteiger partial charge in [0.25, 0.3) is 5.69 Å².